The number of benzene rings is 3. The number of nitro groups is 1. The summed E-state index contributed by atoms with van der Waals surface area (Å²) in [7, 11) is 0. The summed E-state index contributed by atoms with van der Waals surface area (Å²) in [5.74, 6) is 0.103. The van der Waals surface area contributed by atoms with Gasteiger partial charge in [-0.05, 0) is 55.5 Å². The summed E-state index contributed by atoms with van der Waals surface area (Å²) in [6, 6.07) is 24.3. The van der Waals surface area contributed by atoms with Crippen molar-refractivity contribution in [3.05, 3.63) is 112 Å². The van der Waals surface area contributed by atoms with Crippen LogP contribution < -0.4 is 10.2 Å². The lowest BCUT2D eigenvalue weighted by atomic mass is 10.1. The van der Waals surface area contributed by atoms with E-state index in [2.05, 4.69) is 10.2 Å². The number of non-ortho nitro benzene ring substituents is 1. The van der Waals surface area contributed by atoms with Crippen LogP contribution >= 0.6 is 0 Å². The zero-order chi connectivity index (χ0) is 26.6. The number of carbonyl (C=O) groups is 2. The first-order chi connectivity index (χ1) is 18.4. The van der Waals surface area contributed by atoms with Crippen molar-refractivity contribution in [3.63, 3.8) is 0 Å². The number of amides is 2. The van der Waals surface area contributed by atoms with Crippen molar-refractivity contribution < 1.29 is 18.9 Å². The number of hydrogen-bond donors (Lipinski definition) is 1. The Hall–Kier alpha value is -4.92. The molecule has 0 spiro atoms. The molecule has 9 heteroatoms. The molecule has 2 heterocycles. The molecule has 0 aliphatic carbocycles. The van der Waals surface area contributed by atoms with Crippen molar-refractivity contribution in [2.45, 2.75) is 6.92 Å². The van der Waals surface area contributed by atoms with Gasteiger partial charge in [0.2, 0.25) is 0 Å². The fraction of sp³-hybridized carbons (Fsp3) is 0.172. The average molecular weight is 511 g/mol. The molecule has 38 heavy (non-hydrogen) atoms. The molecule has 2 amide bonds. The smallest absolute Gasteiger partial charge is 0.291 e. The molecule has 0 bridgehead atoms. The first kappa shape index (κ1) is 24.8. The van der Waals surface area contributed by atoms with Crippen LogP contribution in [0.4, 0.5) is 17.1 Å². The highest BCUT2D eigenvalue weighted by Crippen LogP contribution is 2.26. The first-order valence-corrected chi connectivity index (χ1v) is 12.2. The first-order valence-electron chi connectivity index (χ1n) is 12.2. The molecule has 0 saturated carbocycles. The molecule has 4 aromatic rings. The lowest BCUT2D eigenvalue weighted by Crippen LogP contribution is -2.48. The van der Waals surface area contributed by atoms with Gasteiger partial charge >= 0.3 is 0 Å². The van der Waals surface area contributed by atoms with E-state index in [9.17, 15) is 19.7 Å². The molecule has 1 aliphatic rings. The Balaban J connectivity index is 1.17. The third-order valence-electron chi connectivity index (χ3n) is 6.53. The second-order valence-corrected chi connectivity index (χ2v) is 9.12. The van der Waals surface area contributed by atoms with Crippen molar-refractivity contribution in [1.29, 1.82) is 0 Å². The van der Waals surface area contributed by atoms with E-state index in [1.54, 1.807) is 18.2 Å². The van der Waals surface area contributed by atoms with Gasteiger partial charge < -0.3 is 19.5 Å². The van der Waals surface area contributed by atoms with Crippen molar-refractivity contribution in [1.82, 2.24) is 4.90 Å². The normalized spacial score (nSPS) is 13.3. The Kier molecular flexibility index (Phi) is 6.90. The number of nitro benzene ring substituents is 1. The fourth-order valence-corrected chi connectivity index (χ4v) is 4.38. The van der Waals surface area contributed by atoms with Gasteiger partial charge in [-0.15, -0.1) is 0 Å². The highest BCUT2D eigenvalue weighted by Gasteiger charge is 2.22. The van der Waals surface area contributed by atoms with Gasteiger partial charge in [-0.3, -0.25) is 19.7 Å². The Morgan fingerprint density at radius 2 is 1.61 bits per heavy atom. The van der Waals surface area contributed by atoms with E-state index in [-0.39, 0.29) is 17.4 Å². The number of rotatable bonds is 6. The van der Waals surface area contributed by atoms with Crippen molar-refractivity contribution in [3.8, 4) is 11.3 Å². The van der Waals surface area contributed by atoms with Gasteiger partial charge in [-0.1, -0.05) is 29.8 Å². The Morgan fingerprint density at radius 3 is 2.29 bits per heavy atom. The molecule has 1 fully saturated rings. The second kappa shape index (κ2) is 10.6. The molecule has 5 rings (SSSR count). The molecule has 3 aromatic carbocycles. The van der Waals surface area contributed by atoms with Crippen molar-refractivity contribution in [2.75, 3.05) is 36.4 Å². The van der Waals surface area contributed by atoms with Gasteiger partial charge in [0.15, 0.2) is 5.76 Å². The van der Waals surface area contributed by atoms with Crippen LogP contribution in [-0.4, -0.2) is 47.8 Å². The van der Waals surface area contributed by atoms with Crippen LogP contribution in [0, 0.1) is 17.0 Å². The number of piperazine rings is 1. The maximum absolute atomic E-state index is 12.8. The summed E-state index contributed by atoms with van der Waals surface area (Å²) >= 11 is 0. The number of carbonyl (C=O) groups excluding carboxylic acids is 2. The van der Waals surface area contributed by atoms with Crippen LogP contribution in [0.1, 0.15) is 26.5 Å². The minimum Gasteiger partial charge on any atom is -0.451 e. The molecular weight excluding hydrogens is 484 g/mol. The molecular formula is C29H26N4O5. The van der Waals surface area contributed by atoms with E-state index < -0.39 is 10.8 Å². The molecule has 1 aliphatic heterocycles. The molecule has 1 saturated heterocycles. The Morgan fingerprint density at radius 1 is 0.895 bits per heavy atom. The maximum atomic E-state index is 12.8. The monoisotopic (exact) mass is 510 g/mol. The number of nitrogens with one attached hydrogen (secondary N) is 1. The van der Waals surface area contributed by atoms with Crippen LogP contribution in [0.25, 0.3) is 11.3 Å². The van der Waals surface area contributed by atoms with Gasteiger partial charge in [-0.25, -0.2) is 0 Å². The molecule has 0 atom stereocenters. The number of hydrogen-bond acceptors (Lipinski definition) is 6. The zero-order valence-corrected chi connectivity index (χ0v) is 20.8. The third kappa shape index (κ3) is 5.41. The molecule has 1 N–H and O–H groups in total. The van der Waals surface area contributed by atoms with Gasteiger partial charge in [0.1, 0.15) is 5.76 Å². The van der Waals surface area contributed by atoms with Crippen molar-refractivity contribution in [2.24, 2.45) is 0 Å². The maximum Gasteiger partial charge on any atom is 0.291 e. The highest BCUT2D eigenvalue weighted by atomic mass is 16.6. The largest absolute Gasteiger partial charge is 0.451 e. The lowest BCUT2D eigenvalue weighted by molar-refractivity contribution is -0.384. The minimum absolute atomic E-state index is 0.0503. The fourth-order valence-electron chi connectivity index (χ4n) is 4.38. The van der Waals surface area contributed by atoms with Gasteiger partial charge in [0.25, 0.3) is 17.5 Å². The van der Waals surface area contributed by atoms with Gasteiger partial charge in [-0.2, -0.15) is 0 Å². The van der Waals surface area contributed by atoms with E-state index in [1.165, 1.54) is 18.2 Å². The number of nitrogens with zero attached hydrogens (tertiary/aromatic N) is 3. The van der Waals surface area contributed by atoms with Crippen LogP contribution in [0.3, 0.4) is 0 Å². The number of anilines is 2. The number of furan rings is 1. The predicted octanol–water partition coefficient (Wildman–Crippen LogP) is 5.38. The van der Waals surface area contributed by atoms with E-state index in [4.69, 9.17) is 4.42 Å². The van der Waals surface area contributed by atoms with E-state index in [1.807, 2.05) is 60.4 Å². The van der Waals surface area contributed by atoms with Gasteiger partial charge in [0, 0.05) is 60.8 Å². The summed E-state index contributed by atoms with van der Waals surface area (Å²) in [5, 5.41) is 13.8. The quantitative estimate of drug-likeness (QED) is 0.276. The number of aryl methyl sites for hydroxylation is 1. The predicted molar refractivity (Wildman–Crippen MR) is 144 cm³/mol. The van der Waals surface area contributed by atoms with Crippen LogP contribution in [0.2, 0.25) is 0 Å². The summed E-state index contributed by atoms with van der Waals surface area (Å²) < 4.78 is 5.65. The summed E-state index contributed by atoms with van der Waals surface area (Å²) in [4.78, 5) is 40.1. The molecule has 9 nitrogen and oxygen atoms in total. The Labute approximate surface area is 219 Å². The highest BCUT2D eigenvalue weighted by molar-refractivity contribution is 6.02. The van der Waals surface area contributed by atoms with E-state index in [0.717, 1.165) is 24.3 Å². The van der Waals surface area contributed by atoms with E-state index in [0.29, 0.717) is 35.7 Å². The van der Waals surface area contributed by atoms with E-state index >= 15 is 0 Å². The standard InChI is InChI=1S/C29H26N4O5/c1-20-5-7-21(8-6-20)29(35)32-17-15-31(16-18-32)24-11-9-23(10-12-24)30-28(34)27-14-13-26(38-27)22-3-2-4-25(19-22)33(36)37/h2-14,19H,15-18H2,1H3,(H,30,34). The second-order valence-electron chi connectivity index (χ2n) is 9.12. The Bertz CT molecular complexity index is 1470. The topological polar surface area (TPSA) is 109 Å². The van der Waals surface area contributed by atoms with Crippen LogP contribution in [0.5, 0.6) is 0 Å². The third-order valence-corrected chi connectivity index (χ3v) is 6.53. The van der Waals surface area contributed by atoms with Crippen LogP contribution in [-0.2, 0) is 0 Å². The summed E-state index contributed by atoms with van der Waals surface area (Å²) in [6.07, 6.45) is 0. The molecule has 1 aromatic heterocycles. The lowest BCUT2D eigenvalue weighted by Gasteiger charge is -2.36. The molecule has 192 valence electrons. The average Bonchev–Trinajstić information content (AvgIpc) is 3.45. The van der Waals surface area contributed by atoms with Gasteiger partial charge in [0.05, 0.1) is 4.92 Å². The van der Waals surface area contributed by atoms with Crippen molar-refractivity contribution >= 4 is 28.9 Å². The van der Waals surface area contributed by atoms with Crippen LogP contribution in [0.15, 0.2) is 89.3 Å². The SMILES string of the molecule is Cc1ccc(C(=O)N2CCN(c3ccc(NC(=O)c4ccc(-c5cccc([N+](=O)[O-])c5)o4)cc3)CC2)cc1. The summed E-state index contributed by atoms with van der Waals surface area (Å²) in [5.41, 5.74) is 3.92. The summed E-state index contributed by atoms with van der Waals surface area (Å²) in [6.45, 7) is 4.71. The minimum atomic E-state index is -0.478. The molecule has 0 radical (unpaired) electrons. The zero-order valence-electron chi connectivity index (χ0n) is 20.8. The molecule has 0 unspecified atom stereocenters.